The molecule has 7 heteroatoms. The lowest BCUT2D eigenvalue weighted by molar-refractivity contribution is -0.114. The molecule has 0 aromatic carbocycles. The topological polar surface area (TPSA) is 88.5 Å². The molecule has 0 spiro atoms. The van der Waals surface area contributed by atoms with Crippen molar-refractivity contribution in [3.63, 3.8) is 0 Å². The molecular formula is C14H22N6O. The highest BCUT2D eigenvalue weighted by atomic mass is 16.1. The van der Waals surface area contributed by atoms with Crippen molar-refractivity contribution >= 4 is 28.9 Å². The Balaban J connectivity index is 0.000000774. The van der Waals surface area contributed by atoms with Crippen LogP contribution in [0.4, 0.5) is 17.3 Å². The zero-order valence-electron chi connectivity index (χ0n) is 12.8. The number of rotatable bonds is 2. The molecule has 3 rings (SSSR count). The quantitative estimate of drug-likeness (QED) is 0.881. The molecule has 0 atom stereocenters. The summed E-state index contributed by atoms with van der Waals surface area (Å²) in [5.74, 6) is 1.21. The van der Waals surface area contributed by atoms with Crippen molar-refractivity contribution in [3.8, 4) is 0 Å². The number of hydrogen-bond donors (Lipinski definition) is 2. The third-order valence-electron chi connectivity index (χ3n) is 3.23. The Bertz CT molecular complexity index is 630. The largest absolute Gasteiger partial charge is 0.383 e. The molecule has 0 aliphatic carbocycles. The molecule has 1 fully saturated rings. The smallest absolute Gasteiger partial charge is 0.221 e. The number of nitrogens with two attached hydrogens (primary N) is 1. The molecule has 0 saturated carbocycles. The highest BCUT2D eigenvalue weighted by molar-refractivity contribution is 5.92. The van der Waals surface area contributed by atoms with Gasteiger partial charge in [0.2, 0.25) is 5.91 Å². The SMILES string of the molecule is CC.CC(=O)Nc1cnn2c(N)cc(N3CCCC3)nc12. The first-order valence-corrected chi connectivity index (χ1v) is 7.32. The second-order valence-corrected chi connectivity index (χ2v) is 4.71. The lowest BCUT2D eigenvalue weighted by Gasteiger charge is -2.17. The minimum absolute atomic E-state index is 0.151. The fourth-order valence-electron chi connectivity index (χ4n) is 2.36. The van der Waals surface area contributed by atoms with Gasteiger partial charge in [0.15, 0.2) is 5.65 Å². The summed E-state index contributed by atoms with van der Waals surface area (Å²) in [6.45, 7) is 7.44. The summed E-state index contributed by atoms with van der Waals surface area (Å²) in [6.07, 6.45) is 3.91. The first-order chi connectivity index (χ1) is 10.1. The Hall–Kier alpha value is -2.31. The minimum atomic E-state index is -0.151. The van der Waals surface area contributed by atoms with Crippen LogP contribution in [0.2, 0.25) is 0 Å². The van der Waals surface area contributed by atoms with Crippen LogP contribution in [0.1, 0.15) is 33.6 Å². The van der Waals surface area contributed by atoms with E-state index in [-0.39, 0.29) is 5.91 Å². The van der Waals surface area contributed by atoms with Crippen LogP contribution in [-0.2, 0) is 4.79 Å². The molecule has 3 heterocycles. The third kappa shape index (κ3) is 3.07. The Morgan fingerprint density at radius 2 is 2.00 bits per heavy atom. The van der Waals surface area contributed by atoms with Gasteiger partial charge in [-0.3, -0.25) is 4.79 Å². The van der Waals surface area contributed by atoms with Gasteiger partial charge < -0.3 is 16.0 Å². The van der Waals surface area contributed by atoms with Gasteiger partial charge >= 0.3 is 0 Å². The maximum Gasteiger partial charge on any atom is 0.221 e. The Morgan fingerprint density at radius 3 is 2.62 bits per heavy atom. The van der Waals surface area contributed by atoms with Gasteiger partial charge in [0.1, 0.15) is 17.3 Å². The average Bonchev–Trinajstić information content (AvgIpc) is 3.11. The van der Waals surface area contributed by atoms with Crippen LogP contribution >= 0.6 is 0 Å². The van der Waals surface area contributed by atoms with Crippen LogP contribution in [0, 0.1) is 0 Å². The predicted octanol–water partition coefficient (Wildman–Crippen LogP) is 1.90. The Morgan fingerprint density at radius 1 is 1.33 bits per heavy atom. The van der Waals surface area contributed by atoms with E-state index >= 15 is 0 Å². The van der Waals surface area contributed by atoms with Gasteiger partial charge in [-0.05, 0) is 12.8 Å². The van der Waals surface area contributed by atoms with E-state index in [4.69, 9.17) is 5.73 Å². The normalized spacial score (nSPS) is 14.0. The monoisotopic (exact) mass is 290 g/mol. The summed E-state index contributed by atoms with van der Waals surface area (Å²) in [4.78, 5) is 17.9. The van der Waals surface area contributed by atoms with Gasteiger partial charge in [0.25, 0.3) is 0 Å². The number of anilines is 3. The number of nitrogens with zero attached hydrogens (tertiary/aromatic N) is 4. The number of carbonyl (C=O) groups excluding carboxylic acids is 1. The van der Waals surface area contributed by atoms with E-state index in [1.807, 2.05) is 19.9 Å². The summed E-state index contributed by atoms with van der Waals surface area (Å²) >= 11 is 0. The molecule has 114 valence electrons. The van der Waals surface area contributed by atoms with Gasteiger partial charge in [-0.1, -0.05) is 13.8 Å². The van der Waals surface area contributed by atoms with E-state index in [0.717, 1.165) is 18.9 Å². The van der Waals surface area contributed by atoms with Crippen LogP contribution in [0.3, 0.4) is 0 Å². The van der Waals surface area contributed by atoms with Crippen LogP contribution in [-0.4, -0.2) is 33.6 Å². The molecular weight excluding hydrogens is 268 g/mol. The van der Waals surface area contributed by atoms with Crippen molar-refractivity contribution in [2.24, 2.45) is 0 Å². The molecule has 1 saturated heterocycles. The number of aromatic nitrogens is 3. The van der Waals surface area contributed by atoms with Crippen LogP contribution < -0.4 is 16.0 Å². The van der Waals surface area contributed by atoms with Crippen LogP contribution in [0.15, 0.2) is 12.3 Å². The van der Waals surface area contributed by atoms with Gasteiger partial charge in [-0.25, -0.2) is 4.98 Å². The second-order valence-electron chi connectivity index (χ2n) is 4.71. The van der Waals surface area contributed by atoms with Gasteiger partial charge in [-0.15, -0.1) is 0 Å². The summed E-state index contributed by atoms with van der Waals surface area (Å²) in [5.41, 5.74) is 7.15. The summed E-state index contributed by atoms with van der Waals surface area (Å²) in [7, 11) is 0. The van der Waals surface area contributed by atoms with Crippen molar-refractivity contribution in [3.05, 3.63) is 12.3 Å². The summed E-state index contributed by atoms with van der Waals surface area (Å²) in [5, 5.41) is 6.85. The Labute approximate surface area is 124 Å². The molecule has 3 N–H and O–H groups in total. The third-order valence-corrected chi connectivity index (χ3v) is 3.23. The maximum atomic E-state index is 11.2. The van der Waals surface area contributed by atoms with E-state index in [9.17, 15) is 4.79 Å². The number of nitrogens with one attached hydrogen (secondary N) is 1. The molecule has 0 bridgehead atoms. The van der Waals surface area contributed by atoms with Crippen LogP contribution in [0.25, 0.3) is 5.65 Å². The first-order valence-electron chi connectivity index (χ1n) is 7.32. The van der Waals surface area contributed by atoms with E-state index in [0.29, 0.717) is 17.2 Å². The van der Waals surface area contributed by atoms with E-state index < -0.39 is 0 Å². The minimum Gasteiger partial charge on any atom is -0.383 e. The van der Waals surface area contributed by atoms with Gasteiger partial charge in [0, 0.05) is 26.1 Å². The first kappa shape index (κ1) is 15.1. The lowest BCUT2D eigenvalue weighted by Crippen LogP contribution is -2.20. The standard InChI is InChI=1S/C12H16N6O.C2H6/c1-8(19)15-9-7-14-18-10(13)6-11(16-12(9)18)17-4-2-3-5-17;1-2/h6-7H,2-5,13H2,1H3,(H,15,19);1-2H3. The zero-order chi connectivity index (χ0) is 15.4. The van der Waals surface area contributed by atoms with E-state index in [2.05, 4.69) is 20.3 Å². The Kier molecular flexibility index (Phi) is 4.62. The molecule has 0 unspecified atom stereocenters. The molecule has 1 amide bonds. The highest BCUT2D eigenvalue weighted by Crippen LogP contribution is 2.24. The number of amides is 1. The summed E-state index contributed by atoms with van der Waals surface area (Å²) in [6, 6.07) is 1.82. The maximum absolute atomic E-state index is 11.2. The molecule has 1 aliphatic heterocycles. The number of nitrogen functional groups attached to an aromatic ring is 1. The number of carbonyl (C=O) groups is 1. The number of fused-ring (bicyclic) bond motifs is 1. The predicted molar refractivity (Wildman–Crippen MR) is 84.5 cm³/mol. The van der Waals surface area contributed by atoms with Gasteiger partial charge in [-0.2, -0.15) is 9.61 Å². The van der Waals surface area contributed by atoms with Crippen molar-refractivity contribution in [1.29, 1.82) is 0 Å². The van der Waals surface area contributed by atoms with E-state index in [1.165, 1.54) is 24.3 Å². The molecule has 2 aromatic rings. The molecule has 2 aromatic heterocycles. The van der Waals surface area contributed by atoms with Crippen molar-refractivity contribution in [1.82, 2.24) is 14.6 Å². The molecule has 1 aliphatic rings. The molecule has 21 heavy (non-hydrogen) atoms. The molecule has 7 nitrogen and oxygen atoms in total. The summed E-state index contributed by atoms with van der Waals surface area (Å²) < 4.78 is 1.53. The van der Waals surface area contributed by atoms with Crippen molar-refractivity contribution in [2.45, 2.75) is 33.6 Å². The van der Waals surface area contributed by atoms with E-state index in [1.54, 1.807) is 6.20 Å². The highest BCUT2D eigenvalue weighted by Gasteiger charge is 2.17. The zero-order valence-corrected chi connectivity index (χ0v) is 12.8. The number of hydrogen-bond acceptors (Lipinski definition) is 5. The lowest BCUT2D eigenvalue weighted by atomic mass is 10.4. The van der Waals surface area contributed by atoms with Gasteiger partial charge in [0.05, 0.1) is 6.20 Å². The average molecular weight is 290 g/mol. The second kappa shape index (κ2) is 6.43. The fraction of sp³-hybridized carbons (Fsp3) is 0.500. The fourth-order valence-corrected chi connectivity index (χ4v) is 2.36. The van der Waals surface area contributed by atoms with Crippen molar-refractivity contribution < 1.29 is 4.79 Å². The van der Waals surface area contributed by atoms with Crippen molar-refractivity contribution in [2.75, 3.05) is 29.0 Å². The molecule has 0 radical (unpaired) electrons. The van der Waals surface area contributed by atoms with Crippen LogP contribution in [0.5, 0.6) is 0 Å².